The van der Waals surface area contributed by atoms with Gasteiger partial charge in [0.25, 0.3) is 0 Å². The lowest BCUT2D eigenvalue weighted by Gasteiger charge is -2.35. The Balaban J connectivity index is 1.94. The molecule has 1 aliphatic rings. The summed E-state index contributed by atoms with van der Waals surface area (Å²) in [7, 11) is 0. The molecule has 116 valence electrons. The van der Waals surface area contributed by atoms with E-state index < -0.39 is 5.97 Å². The molecular weight excluding hydrogens is 272 g/mol. The van der Waals surface area contributed by atoms with Crippen LogP contribution in [-0.4, -0.2) is 65.3 Å². The van der Waals surface area contributed by atoms with Crippen molar-refractivity contribution in [2.24, 2.45) is 0 Å². The maximum absolute atomic E-state index is 10.6. The Hall–Kier alpha value is -1.89. The first-order valence-electron chi connectivity index (χ1n) is 7.26. The zero-order valence-corrected chi connectivity index (χ0v) is 12.6. The molecule has 0 bridgehead atoms. The van der Waals surface area contributed by atoms with Crippen molar-refractivity contribution in [2.75, 3.05) is 44.2 Å². The molecule has 0 aromatic carbocycles. The highest BCUT2D eigenvalue weighted by molar-refractivity contribution is 5.66. The van der Waals surface area contributed by atoms with E-state index in [-0.39, 0.29) is 6.42 Å². The van der Waals surface area contributed by atoms with Gasteiger partial charge in [-0.25, -0.2) is 4.98 Å². The van der Waals surface area contributed by atoms with E-state index in [0.29, 0.717) is 24.9 Å². The van der Waals surface area contributed by atoms with E-state index in [4.69, 9.17) is 9.84 Å². The average molecular weight is 294 g/mol. The molecule has 0 unspecified atom stereocenters. The zero-order valence-electron chi connectivity index (χ0n) is 12.6. The number of piperazine rings is 1. The molecule has 0 atom stereocenters. The Kier molecular flexibility index (Phi) is 5.32. The third kappa shape index (κ3) is 4.56. The summed E-state index contributed by atoms with van der Waals surface area (Å²) in [5.41, 5.74) is 0. The minimum Gasteiger partial charge on any atom is -0.481 e. The number of aryl methyl sites for hydroxylation is 1. The highest BCUT2D eigenvalue weighted by Gasteiger charge is 2.19. The maximum Gasteiger partial charge on any atom is 0.304 e. The number of anilines is 1. The SMILES string of the molecule is CCOc1cc(N2CCN(CCC(=O)O)CC2)nc(C)n1. The van der Waals surface area contributed by atoms with Gasteiger partial charge < -0.3 is 14.7 Å². The first kappa shape index (κ1) is 15.5. The Labute approximate surface area is 124 Å². The number of aromatic nitrogens is 2. The molecule has 2 rings (SSSR count). The second-order valence-corrected chi connectivity index (χ2v) is 5.02. The summed E-state index contributed by atoms with van der Waals surface area (Å²) in [4.78, 5) is 23.7. The average Bonchev–Trinajstić information content (AvgIpc) is 2.45. The number of rotatable bonds is 6. The first-order valence-corrected chi connectivity index (χ1v) is 7.26. The Morgan fingerprint density at radius 1 is 1.33 bits per heavy atom. The fourth-order valence-electron chi connectivity index (χ4n) is 2.36. The first-order chi connectivity index (χ1) is 10.1. The predicted octanol–water partition coefficient (Wildman–Crippen LogP) is 0.780. The van der Waals surface area contributed by atoms with E-state index in [1.165, 1.54) is 0 Å². The van der Waals surface area contributed by atoms with Crippen molar-refractivity contribution in [3.63, 3.8) is 0 Å². The van der Waals surface area contributed by atoms with Crippen molar-refractivity contribution < 1.29 is 14.6 Å². The summed E-state index contributed by atoms with van der Waals surface area (Å²) in [6, 6.07) is 1.86. The number of carbonyl (C=O) groups is 1. The van der Waals surface area contributed by atoms with E-state index in [0.717, 1.165) is 32.0 Å². The molecule has 0 radical (unpaired) electrons. The molecule has 1 aromatic heterocycles. The Morgan fingerprint density at radius 2 is 2.05 bits per heavy atom. The van der Waals surface area contributed by atoms with Crippen LogP contribution in [0.2, 0.25) is 0 Å². The van der Waals surface area contributed by atoms with Crippen molar-refractivity contribution in [2.45, 2.75) is 20.3 Å². The molecule has 0 saturated carbocycles. The number of hydrogen-bond donors (Lipinski definition) is 1. The minimum absolute atomic E-state index is 0.196. The van der Waals surface area contributed by atoms with E-state index in [1.807, 2.05) is 19.9 Å². The van der Waals surface area contributed by atoms with Crippen LogP contribution in [0.3, 0.4) is 0 Å². The summed E-state index contributed by atoms with van der Waals surface area (Å²) in [6.45, 7) is 8.34. The van der Waals surface area contributed by atoms with Crippen LogP contribution in [0.15, 0.2) is 6.07 Å². The number of carboxylic acids is 1. The van der Waals surface area contributed by atoms with Crippen LogP contribution < -0.4 is 9.64 Å². The Morgan fingerprint density at radius 3 is 2.67 bits per heavy atom. The van der Waals surface area contributed by atoms with E-state index >= 15 is 0 Å². The summed E-state index contributed by atoms with van der Waals surface area (Å²) in [5, 5.41) is 8.72. The molecule has 7 heteroatoms. The van der Waals surface area contributed by atoms with Gasteiger partial charge in [-0.3, -0.25) is 9.69 Å². The van der Waals surface area contributed by atoms with Gasteiger partial charge in [0.15, 0.2) is 0 Å². The lowest BCUT2D eigenvalue weighted by molar-refractivity contribution is -0.137. The number of ether oxygens (including phenoxy) is 1. The van der Waals surface area contributed by atoms with Gasteiger partial charge in [-0.15, -0.1) is 0 Å². The highest BCUT2D eigenvalue weighted by Crippen LogP contribution is 2.19. The van der Waals surface area contributed by atoms with Crippen LogP contribution in [0.4, 0.5) is 5.82 Å². The monoisotopic (exact) mass is 294 g/mol. The molecule has 0 spiro atoms. The van der Waals surface area contributed by atoms with Gasteiger partial charge in [0.2, 0.25) is 5.88 Å². The molecular formula is C14H22N4O3. The molecule has 1 fully saturated rings. The summed E-state index contributed by atoms with van der Waals surface area (Å²) < 4.78 is 5.45. The van der Waals surface area contributed by atoms with Gasteiger partial charge in [-0.1, -0.05) is 0 Å². The van der Waals surface area contributed by atoms with Gasteiger partial charge in [0.05, 0.1) is 13.0 Å². The number of nitrogens with zero attached hydrogens (tertiary/aromatic N) is 4. The molecule has 0 aliphatic carbocycles. The van der Waals surface area contributed by atoms with Crippen LogP contribution in [0.5, 0.6) is 5.88 Å². The number of carboxylic acid groups (broad SMARTS) is 1. The van der Waals surface area contributed by atoms with Crippen LogP contribution >= 0.6 is 0 Å². The van der Waals surface area contributed by atoms with Gasteiger partial charge >= 0.3 is 5.97 Å². The van der Waals surface area contributed by atoms with Gasteiger partial charge in [0, 0.05) is 38.8 Å². The van der Waals surface area contributed by atoms with Crippen molar-refractivity contribution >= 4 is 11.8 Å². The van der Waals surface area contributed by atoms with Crippen molar-refractivity contribution in [1.82, 2.24) is 14.9 Å². The lowest BCUT2D eigenvalue weighted by Crippen LogP contribution is -2.47. The van der Waals surface area contributed by atoms with E-state index in [1.54, 1.807) is 0 Å². The van der Waals surface area contributed by atoms with E-state index in [2.05, 4.69) is 19.8 Å². The van der Waals surface area contributed by atoms with Crippen LogP contribution in [-0.2, 0) is 4.79 Å². The van der Waals surface area contributed by atoms with Crippen molar-refractivity contribution in [1.29, 1.82) is 0 Å². The van der Waals surface area contributed by atoms with Gasteiger partial charge in [0.1, 0.15) is 11.6 Å². The second kappa shape index (κ2) is 7.21. The smallest absolute Gasteiger partial charge is 0.304 e. The fourth-order valence-corrected chi connectivity index (χ4v) is 2.36. The van der Waals surface area contributed by atoms with Crippen molar-refractivity contribution in [3.05, 3.63) is 11.9 Å². The third-order valence-electron chi connectivity index (χ3n) is 3.43. The van der Waals surface area contributed by atoms with Gasteiger partial charge in [-0.05, 0) is 13.8 Å². The second-order valence-electron chi connectivity index (χ2n) is 5.02. The van der Waals surface area contributed by atoms with E-state index in [9.17, 15) is 4.79 Å². The third-order valence-corrected chi connectivity index (χ3v) is 3.43. The maximum atomic E-state index is 10.6. The molecule has 2 heterocycles. The van der Waals surface area contributed by atoms with Gasteiger partial charge in [-0.2, -0.15) is 4.98 Å². The summed E-state index contributed by atoms with van der Waals surface area (Å²) >= 11 is 0. The fraction of sp³-hybridized carbons (Fsp3) is 0.643. The molecule has 7 nitrogen and oxygen atoms in total. The topological polar surface area (TPSA) is 78.8 Å². The van der Waals surface area contributed by atoms with Crippen molar-refractivity contribution in [3.8, 4) is 5.88 Å². The minimum atomic E-state index is -0.745. The standard InChI is InChI=1S/C14H22N4O3/c1-3-21-13-10-12(15-11(2)16-13)18-8-6-17(7-9-18)5-4-14(19)20/h10H,3-9H2,1-2H3,(H,19,20). The molecule has 1 N–H and O–H groups in total. The lowest BCUT2D eigenvalue weighted by atomic mass is 10.3. The summed E-state index contributed by atoms with van der Waals surface area (Å²) in [6.07, 6.45) is 0.196. The summed E-state index contributed by atoms with van der Waals surface area (Å²) in [5.74, 6) is 1.44. The molecule has 1 saturated heterocycles. The number of aliphatic carboxylic acids is 1. The van der Waals surface area contributed by atoms with Crippen LogP contribution in [0.25, 0.3) is 0 Å². The normalized spacial score (nSPS) is 16.0. The zero-order chi connectivity index (χ0) is 15.2. The molecule has 21 heavy (non-hydrogen) atoms. The predicted molar refractivity (Wildman–Crippen MR) is 78.8 cm³/mol. The molecule has 1 aromatic rings. The number of hydrogen-bond acceptors (Lipinski definition) is 6. The largest absolute Gasteiger partial charge is 0.481 e. The van der Waals surface area contributed by atoms with Crippen LogP contribution in [0, 0.1) is 6.92 Å². The molecule has 0 amide bonds. The Bertz CT molecular complexity index is 487. The van der Waals surface area contributed by atoms with Crippen LogP contribution in [0.1, 0.15) is 19.2 Å². The highest BCUT2D eigenvalue weighted by atomic mass is 16.5. The molecule has 1 aliphatic heterocycles. The quantitative estimate of drug-likeness (QED) is 0.830.